The van der Waals surface area contributed by atoms with E-state index in [1.807, 2.05) is 0 Å². The first-order chi connectivity index (χ1) is 14.4. The van der Waals surface area contributed by atoms with Crippen LogP contribution in [0.5, 0.6) is 0 Å². The summed E-state index contributed by atoms with van der Waals surface area (Å²) in [5, 5.41) is 14.7. The Morgan fingerprint density at radius 1 is 1.13 bits per heavy atom. The number of carbonyl (C=O) groups is 1. The summed E-state index contributed by atoms with van der Waals surface area (Å²) < 4.78 is 0. The molecule has 2 aromatic carbocycles. The van der Waals surface area contributed by atoms with Gasteiger partial charge in [0, 0.05) is 28.6 Å². The molecule has 0 spiro atoms. The molecule has 2 heterocycles. The van der Waals surface area contributed by atoms with Gasteiger partial charge >= 0.3 is 0 Å². The third-order valence-electron chi connectivity index (χ3n) is 4.87. The molecule has 4 rings (SSSR count). The number of thiophene rings is 1. The largest absolute Gasteiger partial charge is 0.293 e. The Morgan fingerprint density at radius 3 is 2.73 bits per heavy atom. The summed E-state index contributed by atoms with van der Waals surface area (Å²) >= 11 is 2.87. The average Bonchev–Trinajstić information content (AvgIpc) is 3.19. The predicted octanol–water partition coefficient (Wildman–Crippen LogP) is 5.86. The van der Waals surface area contributed by atoms with E-state index >= 15 is 0 Å². The van der Waals surface area contributed by atoms with E-state index in [2.05, 4.69) is 47.4 Å². The maximum Gasteiger partial charge on any atom is 0.270 e. The topological polar surface area (TPSA) is 86.0 Å². The Hall–Kier alpha value is -3.10. The first-order valence-corrected chi connectivity index (χ1v) is 11.0. The molecule has 30 heavy (non-hydrogen) atoms. The number of Topliss-reactive ketones (excluding diaryl/α,β-unsaturated/α-hetero) is 1. The van der Waals surface area contributed by atoms with Crippen LogP contribution in [0.25, 0.3) is 21.3 Å². The molecule has 0 saturated carbocycles. The number of aryl methyl sites for hydroxylation is 2. The van der Waals surface area contributed by atoms with E-state index in [0.717, 1.165) is 26.4 Å². The number of thioether (sulfide) groups is 1. The standard InChI is InChI=1S/C22H17N3O3S2/c1-13-6-7-15(8-14(13)2)18-10-29-21-20(18)22(24-12-23-21)30-11-19(26)16-4-3-5-17(9-16)25(27)28/h3-10,12H,11H2,1-2H3. The number of non-ortho nitro benzene ring substituents is 1. The highest BCUT2D eigenvalue weighted by Crippen LogP contribution is 2.38. The lowest BCUT2D eigenvalue weighted by molar-refractivity contribution is -0.384. The molecule has 0 unspecified atom stereocenters. The summed E-state index contributed by atoms with van der Waals surface area (Å²) in [5.74, 6) is -0.0476. The third-order valence-corrected chi connectivity index (χ3v) is 6.75. The van der Waals surface area contributed by atoms with E-state index in [1.165, 1.54) is 47.4 Å². The van der Waals surface area contributed by atoms with Crippen molar-refractivity contribution in [3.05, 3.63) is 81.0 Å². The minimum Gasteiger partial charge on any atom is -0.293 e. The van der Waals surface area contributed by atoms with Crippen LogP contribution >= 0.6 is 23.1 Å². The van der Waals surface area contributed by atoms with Crippen LogP contribution in [0.4, 0.5) is 5.69 Å². The quantitative estimate of drug-likeness (QED) is 0.124. The SMILES string of the molecule is Cc1ccc(-c2csc3ncnc(SCC(=O)c4cccc([N+](=O)[O-])c4)c23)cc1C. The van der Waals surface area contributed by atoms with Crippen molar-refractivity contribution in [3.63, 3.8) is 0 Å². The van der Waals surface area contributed by atoms with Crippen LogP contribution in [0.2, 0.25) is 0 Å². The van der Waals surface area contributed by atoms with Gasteiger partial charge in [-0.25, -0.2) is 9.97 Å². The van der Waals surface area contributed by atoms with E-state index in [4.69, 9.17) is 0 Å². The van der Waals surface area contributed by atoms with E-state index < -0.39 is 4.92 Å². The number of hydrogen-bond acceptors (Lipinski definition) is 7. The van der Waals surface area contributed by atoms with Crippen LogP contribution in [-0.2, 0) is 0 Å². The van der Waals surface area contributed by atoms with Gasteiger partial charge in [-0.05, 0) is 30.5 Å². The highest BCUT2D eigenvalue weighted by atomic mass is 32.2. The number of nitro groups is 1. The Kier molecular flexibility index (Phi) is 5.61. The summed E-state index contributed by atoms with van der Waals surface area (Å²) in [5.41, 5.74) is 4.80. The number of nitro benzene ring substituents is 1. The summed E-state index contributed by atoms with van der Waals surface area (Å²) in [4.78, 5) is 32.7. The molecule has 0 radical (unpaired) electrons. The summed E-state index contributed by atoms with van der Waals surface area (Å²) in [6.07, 6.45) is 1.50. The number of hydrogen-bond donors (Lipinski definition) is 0. The number of fused-ring (bicyclic) bond motifs is 1. The molecule has 4 aromatic rings. The molecular formula is C22H17N3O3S2. The van der Waals surface area contributed by atoms with E-state index in [1.54, 1.807) is 17.4 Å². The van der Waals surface area contributed by atoms with Crippen molar-refractivity contribution in [1.82, 2.24) is 9.97 Å². The van der Waals surface area contributed by atoms with Gasteiger partial charge in [-0.3, -0.25) is 14.9 Å². The van der Waals surface area contributed by atoms with Crippen molar-refractivity contribution >= 4 is 44.8 Å². The molecule has 0 bridgehead atoms. The molecule has 0 saturated heterocycles. The Labute approximate surface area is 181 Å². The van der Waals surface area contributed by atoms with Gasteiger partial charge < -0.3 is 0 Å². The van der Waals surface area contributed by atoms with Crippen LogP contribution in [-0.4, -0.2) is 26.4 Å². The van der Waals surface area contributed by atoms with Gasteiger partial charge in [-0.2, -0.15) is 0 Å². The fourth-order valence-electron chi connectivity index (χ4n) is 3.09. The minimum atomic E-state index is -0.501. The molecule has 8 heteroatoms. The predicted molar refractivity (Wildman–Crippen MR) is 120 cm³/mol. The number of benzene rings is 2. The highest BCUT2D eigenvalue weighted by molar-refractivity contribution is 8.00. The van der Waals surface area contributed by atoms with E-state index in [-0.39, 0.29) is 17.2 Å². The number of nitrogens with zero attached hydrogens (tertiary/aromatic N) is 3. The van der Waals surface area contributed by atoms with Crippen molar-refractivity contribution in [1.29, 1.82) is 0 Å². The van der Waals surface area contributed by atoms with Gasteiger partial charge in [0.1, 0.15) is 16.2 Å². The Morgan fingerprint density at radius 2 is 1.97 bits per heavy atom. The smallest absolute Gasteiger partial charge is 0.270 e. The molecule has 2 aromatic heterocycles. The number of carbonyl (C=O) groups excluding carboxylic acids is 1. The van der Waals surface area contributed by atoms with Crippen LogP contribution in [0.15, 0.2) is 59.2 Å². The van der Waals surface area contributed by atoms with Gasteiger partial charge in [-0.1, -0.05) is 42.1 Å². The van der Waals surface area contributed by atoms with Crippen LogP contribution in [0.1, 0.15) is 21.5 Å². The van der Waals surface area contributed by atoms with Crippen molar-refractivity contribution in [2.45, 2.75) is 18.9 Å². The lowest BCUT2D eigenvalue weighted by atomic mass is 10.0. The molecule has 0 N–H and O–H groups in total. The average molecular weight is 436 g/mol. The monoisotopic (exact) mass is 435 g/mol. The van der Waals surface area contributed by atoms with Gasteiger partial charge in [-0.15, -0.1) is 11.3 Å². The summed E-state index contributed by atoms with van der Waals surface area (Å²) in [7, 11) is 0. The summed E-state index contributed by atoms with van der Waals surface area (Å²) in [6.45, 7) is 4.16. The molecule has 0 atom stereocenters. The van der Waals surface area contributed by atoms with E-state index in [0.29, 0.717) is 5.56 Å². The maximum absolute atomic E-state index is 12.6. The number of rotatable bonds is 6. The fraction of sp³-hybridized carbons (Fsp3) is 0.136. The second-order valence-corrected chi connectivity index (χ2v) is 8.65. The zero-order valence-electron chi connectivity index (χ0n) is 16.3. The fourth-order valence-corrected chi connectivity index (χ4v) is 4.98. The molecule has 150 valence electrons. The minimum absolute atomic E-state index is 0.0925. The number of aromatic nitrogens is 2. The Bertz CT molecular complexity index is 1280. The van der Waals surface area contributed by atoms with Crippen molar-refractivity contribution < 1.29 is 9.72 Å². The maximum atomic E-state index is 12.6. The molecule has 0 amide bonds. The van der Waals surface area contributed by atoms with Crippen LogP contribution < -0.4 is 0 Å². The molecule has 0 aliphatic rings. The second kappa shape index (κ2) is 8.33. The first-order valence-electron chi connectivity index (χ1n) is 9.14. The van der Waals surface area contributed by atoms with Crippen molar-refractivity contribution in [3.8, 4) is 11.1 Å². The van der Waals surface area contributed by atoms with Crippen molar-refractivity contribution in [2.24, 2.45) is 0 Å². The van der Waals surface area contributed by atoms with Gasteiger partial charge in [0.25, 0.3) is 5.69 Å². The lowest BCUT2D eigenvalue weighted by Gasteiger charge is -2.07. The molecule has 0 aliphatic heterocycles. The third kappa shape index (κ3) is 3.96. The molecule has 0 aliphatic carbocycles. The molecule has 0 fully saturated rings. The van der Waals surface area contributed by atoms with Crippen LogP contribution in [0.3, 0.4) is 0 Å². The number of ketones is 1. The van der Waals surface area contributed by atoms with Gasteiger partial charge in [0.05, 0.1) is 16.1 Å². The highest BCUT2D eigenvalue weighted by Gasteiger charge is 2.17. The second-order valence-electron chi connectivity index (χ2n) is 6.83. The molecular weight excluding hydrogens is 418 g/mol. The Balaban J connectivity index is 1.64. The van der Waals surface area contributed by atoms with Crippen molar-refractivity contribution in [2.75, 3.05) is 5.75 Å². The van der Waals surface area contributed by atoms with E-state index in [9.17, 15) is 14.9 Å². The molecule has 6 nitrogen and oxygen atoms in total. The zero-order chi connectivity index (χ0) is 21.3. The lowest BCUT2D eigenvalue weighted by Crippen LogP contribution is -2.03. The van der Waals surface area contributed by atoms with Gasteiger partial charge in [0.15, 0.2) is 5.78 Å². The van der Waals surface area contributed by atoms with Crippen LogP contribution in [0, 0.1) is 24.0 Å². The first kappa shape index (κ1) is 20.2. The zero-order valence-corrected chi connectivity index (χ0v) is 17.9. The normalized spacial score (nSPS) is 11.0. The van der Waals surface area contributed by atoms with Gasteiger partial charge in [0.2, 0.25) is 0 Å². The summed E-state index contributed by atoms with van der Waals surface area (Å²) in [6, 6.07) is 12.1.